The maximum Gasteiger partial charge on any atom is 0.124 e. The molecule has 0 saturated heterocycles. The third-order valence-electron chi connectivity index (χ3n) is 2.04. The van der Waals surface area contributed by atoms with Crippen molar-refractivity contribution in [2.24, 2.45) is 14.1 Å². The Labute approximate surface area is 82.3 Å². The van der Waals surface area contributed by atoms with E-state index in [4.69, 9.17) is 0 Å². The zero-order valence-corrected chi connectivity index (χ0v) is 8.31. The van der Waals surface area contributed by atoms with E-state index in [0.29, 0.717) is 0 Å². The molecule has 2 heterocycles. The second-order valence-corrected chi connectivity index (χ2v) is 3.17. The number of aromatic nitrogens is 4. The molecule has 1 N–H and O–H groups in total. The highest BCUT2D eigenvalue weighted by molar-refractivity contribution is 5.33. The number of nitrogens with zero attached hydrogens (tertiary/aromatic N) is 4. The zero-order chi connectivity index (χ0) is 9.97. The van der Waals surface area contributed by atoms with E-state index in [1.165, 1.54) is 0 Å². The Hall–Kier alpha value is -1.78. The second kappa shape index (κ2) is 3.53. The van der Waals surface area contributed by atoms with Crippen molar-refractivity contribution in [3.05, 3.63) is 30.2 Å². The van der Waals surface area contributed by atoms with Crippen LogP contribution in [0, 0.1) is 0 Å². The molecule has 2 aromatic rings. The Kier molecular flexibility index (Phi) is 2.22. The number of hydrogen-bond acceptors (Lipinski definition) is 3. The smallest absolute Gasteiger partial charge is 0.124 e. The van der Waals surface area contributed by atoms with E-state index in [1.807, 2.05) is 32.4 Å². The van der Waals surface area contributed by atoms with E-state index in [0.717, 1.165) is 18.1 Å². The van der Waals surface area contributed by atoms with Crippen LogP contribution in [0.5, 0.6) is 0 Å². The molecule has 5 heteroatoms. The molecule has 5 nitrogen and oxygen atoms in total. The van der Waals surface area contributed by atoms with Crippen LogP contribution in [0.4, 0.5) is 5.82 Å². The van der Waals surface area contributed by atoms with Crippen LogP contribution in [0.1, 0.15) is 5.69 Å². The van der Waals surface area contributed by atoms with Crippen molar-refractivity contribution in [1.82, 2.24) is 19.6 Å². The van der Waals surface area contributed by atoms with Gasteiger partial charge in [-0.2, -0.15) is 10.2 Å². The van der Waals surface area contributed by atoms with E-state index in [2.05, 4.69) is 15.5 Å². The lowest BCUT2D eigenvalue weighted by Gasteiger charge is -2.03. The van der Waals surface area contributed by atoms with Crippen LogP contribution < -0.4 is 5.32 Å². The van der Waals surface area contributed by atoms with E-state index in [1.54, 1.807) is 15.6 Å². The van der Waals surface area contributed by atoms with Gasteiger partial charge >= 0.3 is 0 Å². The van der Waals surface area contributed by atoms with Gasteiger partial charge in [0.2, 0.25) is 0 Å². The first kappa shape index (κ1) is 8.80. The van der Waals surface area contributed by atoms with Crippen LogP contribution in [0.3, 0.4) is 0 Å². The number of rotatable bonds is 3. The number of anilines is 1. The minimum atomic E-state index is 0.723. The third kappa shape index (κ3) is 1.76. The molecule has 2 rings (SSSR count). The Morgan fingerprint density at radius 3 is 2.79 bits per heavy atom. The van der Waals surface area contributed by atoms with Gasteiger partial charge in [-0.15, -0.1) is 0 Å². The average molecular weight is 191 g/mol. The monoisotopic (exact) mass is 191 g/mol. The fraction of sp³-hybridized carbons (Fsp3) is 0.333. The molecule has 0 saturated carbocycles. The molecule has 0 aliphatic heterocycles. The van der Waals surface area contributed by atoms with Crippen LogP contribution in [0.2, 0.25) is 0 Å². The Balaban J connectivity index is 1.98. The van der Waals surface area contributed by atoms with Crippen molar-refractivity contribution in [3.63, 3.8) is 0 Å². The molecular weight excluding hydrogens is 178 g/mol. The minimum absolute atomic E-state index is 0.723. The van der Waals surface area contributed by atoms with Gasteiger partial charge in [0.1, 0.15) is 5.82 Å². The van der Waals surface area contributed by atoms with Gasteiger partial charge in [-0.05, 0) is 6.07 Å². The lowest BCUT2D eigenvalue weighted by Crippen LogP contribution is -2.05. The minimum Gasteiger partial charge on any atom is -0.365 e. The first-order valence-electron chi connectivity index (χ1n) is 4.46. The molecule has 0 bridgehead atoms. The summed E-state index contributed by atoms with van der Waals surface area (Å²) >= 11 is 0. The largest absolute Gasteiger partial charge is 0.365 e. The molecule has 0 aromatic carbocycles. The molecule has 14 heavy (non-hydrogen) atoms. The first-order chi connectivity index (χ1) is 6.75. The van der Waals surface area contributed by atoms with E-state index in [9.17, 15) is 0 Å². The average Bonchev–Trinajstić information content (AvgIpc) is 2.72. The predicted octanol–water partition coefficient (Wildman–Crippen LogP) is 0.766. The van der Waals surface area contributed by atoms with Crippen LogP contribution in [0.15, 0.2) is 24.5 Å². The third-order valence-corrected chi connectivity index (χ3v) is 2.04. The standard InChI is InChI=1S/C9H13N5/c1-13-6-4-8(12-13)7-10-9-3-5-11-14(9)2/h3-6,10H,7H2,1-2H3. The molecule has 0 unspecified atom stereocenters. The van der Waals surface area contributed by atoms with Gasteiger partial charge in [0, 0.05) is 26.4 Å². The summed E-state index contributed by atoms with van der Waals surface area (Å²) in [5.74, 6) is 0.996. The zero-order valence-electron chi connectivity index (χ0n) is 8.31. The van der Waals surface area contributed by atoms with Crippen LogP contribution in [0.25, 0.3) is 0 Å². The summed E-state index contributed by atoms with van der Waals surface area (Å²) in [6.45, 7) is 0.723. The molecule has 0 spiro atoms. The van der Waals surface area contributed by atoms with E-state index < -0.39 is 0 Å². The van der Waals surface area contributed by atoms with Gasteiger partial charge in [-0.25, -0.2) is 0 Å². The van der Waals surface area contributed by atoms with Crippen LogP contribution in [-0.2, 0) is 20.6 Å². The number of aryl methyl sites for hydroxylation is 2. The molecular formula is C9H13N5. The number of hydrogen-bond donors (Lipinski definition) is 1. The molecule has 0 aliphatic rings. The molecule has 0 fully saturated rings. The normalized spacial score (nSPS) is 10.4. The first-order valence-corrected chi connectivity index (χ1v) is 4.46. The van der Waals surface area contributed by atoms with Crippen molar-refractivity contribution in [1.29, 1.82) is 0 Å². The van der Waals surface area contributed by atoms with Gasteiger partial charge in [0.05, 0.1) is 18.4 Å². The summed E-state index contributed by atoms with van der Waals surface area (Å²) in [7, 11) is 3.81. The molecule has 2 aromatic heterocycles. The summed E-state index contributed by atoms with van der Waals surface area (Å²) < 4.78 is 3.59. The topological polar surface area (TPSA) is 47.7 Å². The van der Waals surface area contributed by atoms with Gasteiger partial charge in [0.15, 0.2) is 0 Å². The van der Waals surface area contributed by atoms with Crippen LogP contribution >= 0.6 is 0 Å². The highest BCUT2D eigenvalue weighted by Gasteiger charge is 1.99. The second-order valence-electron chi connectivity index (χ2n) is 3.17. The quantitative estimate of drug-likeness (QED) is 0.779. The Morgan fingerprint density at radius 1 is 1.36 bits per heavy atom. The summed E-state index contributed by atoms with van der Waals surface area (Å²) in [5, 5.41) is 11.6. The van der Waals surface area contributed by atoms with Gasteiger partial charge in [0.25, 0.3) is 0 Å². The van der Waals surface area contributed by atoms with Crippen molar-refractivity contribution < 1.29 is 0 Å². The Morgan fingerprint density at radius 2 is 2.21 bits per heavy atom. The molecule has 74 valence electrons. The highest BCUT2D eigenvalue weighted by Crippen LogP contribution is 2.05. The van der Waals surface area contributed by atoms with Crippen molar-refractivity contribution in [3.8, 4) is 0 Å². The van der Waals surface area contributed by atoms with Crippen molar-refractivity contribution >= 4 is 5.82 Å². The lowest BCUT2D eigenvalue weighted by molar-refractivity contribution is 0.740. The Bertz CT molecular complexity index is 414. The molecule has 0 atom stereocenters. The molecule has 0 amide bonds. The fourth-order valence-corrected chi connectivity index (χ4v) is 1.29. The van der Waals surface area contributed by atoms with Crippen LogP contribution in [-0.4, -0.2) is 19.6 Å². The summed E-state index contributed by atoms with van der Waals surface area (Å²) in [6.07, 6.45) is 3.70. The summed E-state index contributed by atoms with van der Waals surface area (Å²) in [5.41, 5.74) is 1.02. The predicted molar refractivity (Wildman–Crippen MR) is 53.7 cm³/mol. The molecule has 0 aliphatic carbocycles. The van der Waals surface area contributed by atoms with Gasteiger partial charge in [-0.1, -0.05) is 0 Å². The maximum absolute atomic E-state index is 4.26. The lowest BCUT2D eigenvalue weighted by atomic mass is 10.4. The van der Waals surface area contributed by atoms with Gasteiger partial charge < -0.3 is 5.32 Å². The fourth-order valence-electron chi connectivity index (χ4n) is 1.29. The van der Waals surface area contributed by atoms with Crippen molar-refractivity contribution in [2.75, 3.05) is 5.32 Å². The number of nitrogens with one attached hydrogen (secondary N) is 1. The highest BCUT2D eigenvalue weighted by atomic mass is 15.3. The van der Waals surface area contributed by atoms with E-state index in [-0.39, 0.29) is 0 Å². The maximum atomic E-state index is 4.26. The molecule has 0 radical (unpaired) electrons. The van der Waals surface area contributed by atoms with Gasteiger partial charge in [-0.3, -0.25) is 9.36 Å². The van der Waals surface area contributed by atoms with E-state index >= 15 is 0 Å². The summed E-state index contributed by atoms with van der Waals surface area (Å²) in [4.78, 5) is 0. The SMILES string of the molecule is Cn1ccc(CNc2ccnn2C)n1. The van der Waals surface area contributed by atoms with Crippen molar-refractivity contribution in [2.45, 2.75) is 6.54 Å². The summed E-state index contributed by atoms with van der Waals surface area (Å²) in [6, 6.07) is 3.92.